The van der Waals surface area contributed by atoms with Gasteiger partial charge < -0.3 is 10.2 Å². The van der Waals surface area contributed by atoms with E-state index in [1.807, 2.05) is 13.1 Å². The molecule has 4 aromatic rings. The number of benzene rings is 4. The minimum absolute atomic E-state index is 0.207. The lowest BCUT2D eigenvalue weighted by Crippen LogP contribution is -2.09. The molecule has 144 valence electrons. The molecule has 0 radical (unpaired) electrons. The number of nitrogens with one attached hydrogen (secondary N) is 1. The highest BCUT2D eigenvalue weighted by atomic mass is 15.1. The van der Waals surface area contributed by atoms with Crippen LogP contribution in [0.1, 0.15) is 22.6 Å². The quantitative estimate of drug-likeness (QED) is 0.377. The lowest BCUT2D eigenvalue weighted by molar-refractivity contribution is 0.976. The molecular formula is C27H26N2. The average Bonchev–Trinajstić information content (AvgIpc) is 2.81. The number of hydrogen-bond donors (Lipinski definition) is 1. The molecule has 0 bridgehead atoms. The fraction of sp³-hybridized carbons (Fsp3) is 0.111. The monoisotopic (exact) mass is 378 g/mol. The van der Waals surface area contributed by atoms with Gasteiger partial charge in [0.1, 0.15) is 0 Å². The average molecular weight is 379 g/mol. The molecule has 0 saturated carbocycles. The summed E-state index contributed by atoms with van der Waals surface area (Å²) in [6.07, 6.45) is 0. The van der Waals surface area contributed by atoms with Crippen molar-refractivity contribution in [3.05, 3.63) is 126 Å². The van der Waals surface area contributed by atoms with E-state index in [1.54, 1.807) is 0 Å². The minimum Gasteiger partial charge on any atom is -0.388 e. The Bertz CT molecular complexity index is 1020. The summed E-state index contributed by atoms with van der Waals surface area (Å²) in [6, 6.07) is 38.8. The van der Waals surface area contributed by atoms with E-state index in [0.717, 1.165) is 5.69 Å². The molecule has 0 spiro atoms. The molecule has 1 atom stereocenters. The van der Waals surface area contributed by atoms with Gasteiger partial charge in [0.15, 0.2) is 0 Å². The lowest BCUT2D eigenvalue weighted by atomic mass is 9.85. The molecule has 1 N–H and O–H groups in total. The van der Waals surface area contributed by atoms with Crippen molar-refractivity contribution in [3.8, 4) is 0 Å². The van der Waals surface area contributed by atoms with Gasteiger partial charge in [-0.15, -0.1) is 0 Å². The fourth-order valence-corrected chi connectivity index (χ4v) is 3.76. The van der Waals surface area contributed by atoms with Gasteiger partial charge in [-0.05, 0) is 53.1 Å². The summed E-state index contributed by atoms with van der Waals surface area (Å²) in [7, 11) is 4.06. The largest absolute Gasteiger partial charge is 0.388 e. The zero-order valence-corrected chi connectivity index (χ0v) is 16.9. The number of hydrogen-bond acceptors (Lipinski definition) is 2. The van der Waals surface area contributed by atoms with Gasteiger partial charge in [-0.2, -0.15) is 0 Å². The highest BCUT2D eigenvalue weighted by molar-refractivity contribution is 5.63. The zero-order chi connectivity index (χ0) is 20.1. The van der Waals surface area contributed by atoms with Crippen molar-refractivity contribution in [3.63, 3.8) is 0 Å². The maximum Gasteiger partial charge on any atom is 0.0408 e. The lowest BCUT2D eigenvalue weighted by Gasteiger charge is -2.22. The molecule has 0 heterocycles. The maximum atomic E-state index is 3.20. The molecule has 2 heteroatoms. The van der Waals surface area contributed by atoms with E-state index in [2.05, 4.69) is 120 Å². The van der Waals surface area contributed by atoms with Gasteiger partial charge in [0.2, 0.25) is 0 Å². The topological polar surface area (TPSA) is 15.3 Å². The number of para-hydroxylation sites is 1. The Balaban J connectivity index is 1.69. The maximum absolute atomic E-state index is 3.20. The Morgan fingerprint density at radius 1 is 0.552 bits per heavy atom. The third-order valence-electron chi connectivity index (χ3n) is 5.42. The van der Waals surface area contributed by atoms with Crippen molar-refractivity contribution in [2.75, 3.05) is 24.3 Å². The predicted octanol–water partition coefficient (Wildman–Crippen LogP) is 6.68. The SMILES string of the molecule is CNc1ccc(C(c2ccccc2)c2ccc(N(C)c3ccccc3)cc2)cc1. The summed E-state index contributed by atoms with van der Waals surface area (Å²) < 4.78 is 0. The van der Waals surface area contributed by atoms with Crippen LogP contribution >= 0.6 is 0 Å². The van der Waals surface area contributed by atoms with Gasteiger partial charge in [0.25, 0.3) is 0 Å². The van der Waals surface area contributed by atoms with E-state index in [0.29, 0.717) is 0 Å². The van der Waals surface area contributed by atoms with Crippen LogP contribution in [0, 0.1) is 0 Å². The molecule has 0 fully saturated rings. The number of rotatable bonds is 6. The third kappa shape index (κ3) is 4.17. The Hall–Kier alpha value is -3.52. The van der Waals surface area contributed by atoms with Crippen molar-refractivity contribution in [1.82, 2.24) is 0 Å². The minimum atomic E-state index is 0.207. The van der Waals surface area contributed by atoms with Crippen molar-refractivity contribution in [1.29, 1.82) is 0 Å². The summed E-state index contributed by atoms with van der Waals surface area (Å²) in [5, 5.41) is 3.20. The van der Waals surface area contributed by atoms with Gasteiger partial charge >= 0.3 is 0 Å². The first kappa shape index (κ1) is 18.8. The summed E-state index contributed by atoms with van der Waals surface area (Å²) in [5.41, 5.74) is 7.37. The first-order valence-electron chi connectivity index (χ1n) is 9.97. The Morgan fingerprint density at radius 3 is 1.55 bits per heavy atom. The summed E-state index contributed by atoms with van der Waals surface area (Å²) >= 11 is 0. The first-order chi connectivity index (χ1) is 14.3. The van der Waals surface area contributed by atoms with Crippen LogP contribution < -0.4 is 10.2 Å². The summed E-state index contributed by atoms with van der Waals surface area (Å²) in [5.74, 6) is 0.207. The van der Waals surface area contributed by atoms with Gasteiger partial charge in [-0.1, -0.05) is 72.8 Å². The second-order valence-electron chi connectivity index (χ2n) is 7.20. The van der Waals surface area contributed by atoms with Gasteiger partial charge in [-0.25, -0.2) is 0 Å². The molecular weight excluding hydrogens is 352 g/mol. The molecule has 0 aromatic heterocycles. The number of anilines is 3. The first-order valence-corrected chi connectivity index (χ1v) is 9.97. The molecule has 4 aromatic carbocycles. The molecule has 1 unspecified atom stereocenters. The molecule has 0 aliphatic heterocycles. The van der Waals surface area contributed by atoms with Crippen LogP contribution in [0.5, 0.6) is 0 Å². The van der Waals surface area contributed by atoms with E-state index in [4.69, 9.17) is 0 Å². The number of nitrogens with zero attached hydrogens (tertiary/aromatic N) is 1. The van der Waals surface area contributed by atoms with Crippen molar-refractivity contribution in [2.45, 2.75) is 5.92 Å². The standard InChI is InChI=1S/C27H26N2/c1-28-24-17-13-22(14-18-24)27(21-9-5-3-6-10-21)23-15-19-26(20-16-23)29(2)25-11-7-4-8-12-25/h3-20,27-28H,1-2H3. The van der Waals surface area contributed by atoms with Crippen LogP contribution in [-0.4, -0.2) is 14.1 Å². The molecule has 0 aliphatic rings. The van der Waals surface area contributed by atoms with Crippen LogP contribution in [0.25, 0.3) is 0 Å². The summed E-state index contributed by atoms with van der Waals surface area (Å²) in [6.45, 7) is 0. The van der Waals surface area contributed by atoms with Crippen LogP contribution in [0.15, 0.2) is 109 Å². The Morgan fingerprint density at radius 2 is 1.00 bits per heavy atom. The van der Waals surface area contributed by atoms with E-state index in [1.165, 1.54) is 28.1 Å². The van der Waals surface area contributed by atoms with Crippen molar-refractivity contribution >= 4 is 17.1 Å². The molecule has 29 heavy (non-hydrogen) atoms. The summed E-state index contributed by atoms with van der Waals surface area (Å²) in [4.78, 5) is 2.21. The van der Waals surface area contributed by atoms with Crippen LogP contribution in [-0.2, 0) is 0 Å². The van der Waals surface area contributed by atoms with E-state index < -0.39 is 0 Å². The molecule has 0 saturated heterocycles. The normalized spacial score (nSPS) is 11.7. The van der Waals surface area contributed by atoms with E-state index in [9.17, 15) is 0 Å². The van der Waals surface area contributed by atoms with Gasteiger partial charge in [-0.3, -0.25) is 0 Å². The van der Waals surface area contributed by atoms with Gasteiger partial charge in [0.05, 0.1) is 0 Å². The third-order valence-corrected chi connectivity index (χ3v) is 5.42. The van der Waals surface area contributed by atoms with Gasteiger partial charge in [0, 0.05) is 37.1 Å². The molecule has 2 nitrogen and oxygen atoms in total. The predicted molar refractivity (Wildman–Crippen MR) is 124 cm³/mol. The smallest absolute Gasteiger partial charge is 0.0408 e. The molecule has 0 aliphatic carbocycles. The molecule has 0 amide bonds. The van der Waals surface area contributed by atoms with Crippen LogP contribution in [0.4, 0.5) is 17.1 Å². The van der Waals surface area contributed by atoms with E-state index in [-0.39, 0.29) is 5.92 Å². The van der Waals surface area contributed by atoms with Crippen LogP contribution in [0.3, 0.4) is 0 Å². The highest BCUT2D eigenvalue weighted by Gasteiger charge is 2.17. The Kier molecular flexibility index (Phi) is 5.62. The van der Waals surface area contributed by atoms with E-state index >= 15 is 0 Å². The van der Waals surface area contributed by atoms with Crippen molar-refractivity contribution < 1.29 is 0 Å². The van der Waals surface area contributed by atoms with Crippen molar-refractivity contribution in [2.24, 2.45) is 0 Å². The Labute approximate surface area is 173 Å². The second kappa shape index (κ2) is 8.66. The zero-order valence-electron chi connectivity index (χ0n) is 16.9. The highest BCUT2D eigenvalue weighted by Crippen LogP contribution is 2.34. The fourth-order valence-electron chi connectivity index (χ4n) is 3.76. The second-order valence-corrected chi connectivity index (χ2v) is 7.20. The molecule has 4 rings (SSSR count). The van der Waals surface area contributed by atoms with Crippen LogP contribution in [0.2, 0.25) is 0 Å².